The van der Waals surface area contributed by atoms with Gasteiger partial charge in [0.15, 0.2) is 0 Å². The summed E-state index contributed by atoms with van der Waals surface area (Å²) in [5, 5.41) is 9.92. The van der Waals surface area contributed by atoms with Crippen LogP contribution in [0, 0.1) is 0 Å². The van der Waals surface area contributed by atoms with Crippen LogP contribution in [0.15, 0.2) is 54.6 Å². The first-order valence-electron chi connectivity index (χ1n) is 10.3. The van der Waals surface area contributed by atoms with E-state index in [0.29, 0.717) is 31.4 Å². The first-order chi connectivity index (χ1) is 13.6. The molecule has 2 rings (SSSR count). The molecule has 2 atom stereocenters. The van der Waals surface area contributed by atoms with E-state index >= 15 is 0 Å². The Morgan fingerprint density at radius 2 is 1.68 bits per heavy atom. The van der Waals surface area contributed by atoms with Crippen molar-refractivity contribution in [2.24, 2.45) is 0 Å². The van der Waals surface area contributed by atoms with Crippen LogP contribution in [-0.4, -0.2) is 23.5 Å². The Morgan fingerprint density at radius 1 is 0.964 bits per heavy atom. The summed E-state index contributed by atoms with van der Waals surface area (Å²) < 4.78 is 11.7. The van der Waals surface area contributed by atoms with Gasteiger partial charge in [-0.05, 0) is 30.9 Å². The summed E-state index contributed by atoms with van der Waals surface area (Å²) in [5.74, 6) is 0.424. The second-order valence-electron chi connectivity index (χ2n) is 7.00. The number of unbranched alkanes of at least 4 members (excludes halogenated alkanes) is 2. The molecule has 0 radical (unpaired) electrons. The summed E-state index contributed by atoms with van der Waals surface area (Å²) in [6.07, 6.45) is 3.79. The average Bonchev–Trinajstić information content (AvgIpc) is 2.73. The summed E-state index contributed by atoms with van der Waals surface area (Å²) in [7, 11) is 0. The largest absolute Gasteiger partial charge is 0.454 e. The number of aliphatic hydroxyl groups excluding tert-OH is 1. The van der Waals surface area contributed by atoms with E-state index < -0.39 is 12.4 Å². The lowest BCUT2D eigenvalue weighted by Crippen LogP contribution is -2.26. The Kier molecular flexibility index (Phi) is 9.56. The van der Waals surface area contributed by atoms with Crippen molar-refractivity contribution in [3.8, 4) is 16.9 Å². The highest BCUT2D eigenvalue weighted by atomic mass is 16.7. The highest BCUT2D eigenvalue weighted by molar-refractivity contribution is 5.71. The molecule has 0 aliphatic heterocycles. The van der Waals surface area contributed by atoms with E-state index in [9.17, 15) is 9.90 Å². The zero-order valence-corrected chi connectivity index (χ0v) is 17.0. The molecular weight excluding hydrogens is 352 g/mol. The van der Waals surface area contributed by atoms with Gasteiger partial charge >= 0.3 is 5.97 Å². The van der Waals surface area contributed by atoms with E-state index in [0.717, 1.165) is 30.4 Å². The van der Waals surface area contributed by atoms with Crippen LogP contribution in [0.2, 0.25) is 0 Å². The second kappa shape index (κ2) is 12.2. The Balaban J connectivity index is 2.12. The second-order valence-corrected chi connectivity index (χ2v) is 7.00. The van der Waals surface area contributed by atoms with Crippen LogP contribution in [0.5, 0.6) is 5.75 Å². The lowest BCUT2D eigenvalue weighted by Gasteiger charge is -2.22. The van der Waals surface area contributed by atoms with Gasteiger partial charge < -0.3 is 14.6 Å². The Bertz CT molecular complexity index is 699. The van der Waals surface area contributed by atoms with Gasteiger partial charge in [0.1, 0.15) is 5.75 Å². The van der Waals surface area contributed by atoms with Crippen molar-refractivity contribution in [2.45, 2.75) is 71.2 Å². The Hall–Kier alpha value is -2.33. The molecule has 0 aliphatic carbocycles. The van der Waals surface area contributed by atoms with Crippen LogP contribution >= 0.6 is 0 Å². The molecule has 0 amide bonds. The monoisotopic (exact) mass is 384 g/mol. The number of hydrogen-bond acceptors (Lipinski definition) is 4. The van der Waals surface area contributed by atoms with Gasteiger partial charge in [0.25, 0.3) is 0 Å². The number of esters is 1. The van der Waals surface area contributed by atoms with Crippen molar-refractivity contribution in [1.82, 2.24) is 0 Å². The van der Waals surface area contributed by atoms with E-state index in [1.807, 2.05) is 61.5 Å². The van der Waals surface area contributed by atoms with E-state index in [1.165, 1.54) is 0 Å². The van der Waals surface area contributed by atoms with Crippen LogP contribution in [0.3, 0.4) is 0 Å². The zero-order valence-electron chi connectivity index (χ0n) is 17.0. The molecule has 0 heterocycles. The minimum absolute atomic E-state index is 0.248. The van der Waals surface area contributed by atoms with Gasteiger partial charge in [-0.1, -0.05) is 75.2 Å². The summed E-state index contributed by atoms with van der Waals surface area (Å²) >= 11 is 0. The number of rotatable bonds is 12. The molecule has 0 fully saturated rings. The summed E-state index contributed by atoms with van der Waals surface area (Å²) in [6, 6.07) is 17.7. The van der Waals surface area contributed by atoms with Crippen LogP contribution in [0.4, 0.5) is 0 Å². The fourth-order valence-corrected chi connectivity index (χ4v) is 2.97. The van der Waals surface area contributed by atoms with Crippen molar-refractivity contribution in [1.29, 1.82) is 0 Å². The number of hydrogen-bond donors (Lipinski definition) is 1. The molecule has 0 aromatic heterocycles. The molecule has 0 spiro atoms. The van der Waals surface area contributed by atoms with Crippen molar-refractivity contribution in [2.75, 3.05) is 0 Å². The fraction of sp³-hybridized carbons (Fsp3) is 0.458. The molecule has 4 heteroatoms. The third-order valence-corrected chi connectivity index (χ3v) is 4.68. The smallest absolute Gasteiger partial charge is 0.308 e. The normalized spacial score (nSPS) is 13.0. The van der Waals surface area contributed by atoms with Crippen LogP contribution in [0.25, 0.3) is 11.1 Å². The van der Waals surface area contributed by atoms with Gasteiger partial charge in [-0.15, -0.1) is 0 Å². The number of para-hydroxylation sites is 1. The Morgan fingerprint density at radius 3 is 2.39 bits per heavy atom. The van der Waals surface area contributed by atoms with Gasteiger partial charge in [0.2, 0.25) is 6.29 Å². The van der Waals surface area contributed by atoms with Crippen LogP contribution in [-0.2, 0) is 9.53 Å². The maximum absolute atomic E-state index is 12.2. The SMILES string of the molecule is CCCCCC(=O)O[C@@H](CC[C@@H](O)CC)Oc1ccccc1-c1ccccc1. The quantitative estimate of drug-likeness (QED) is 0.288. The number of carbonyl (C=O) groups excluding carboxylic acids is 1. The van der Waals surface area contributed by atoms with Crippen molar-refractivity contribution in [3.05, 3.63) is 54.6 Å². The summed E-state index contributed by atoms with van der Waals surface area (Å²) in [5.41, 5.74) is 1.99. The van der Waals surface area contributed by atoms with Gasteiger partial charge in [-0.3, -0.25) is 4.79 Å². The van der Waals surface area contributed by atoms with Crippen molar-refractivity contribution >= 4 is 5.97 Å². The molecule has 4 nitrogen and oxygen atoms in total. The van der Waals surface area contributed by atoms with Gasteiger partial charge in [0, 0.05) is 18.4 Å². The third kappa shape index (κ3) is 7.35. The number of carbonyl (C=O) groups is 1. The van der Waals surface area contributed by atoms with E-state index in [2.05, 4.69) is 6.92 Å². The third-order valence-electron chi connectivity index (χ3n) is 4.68. The number of aliphatic hydroxyl groups is 1. The number of ether oxygens (including phenoxy) is 2. The highest BCUT2D eigenvalue weighted by Crippen LogP contribution is 2.31. The molecule has 1 N–H and O–H groups in total. The highest BCUT2D eigenvalue weighted by Gasteiger charge is 2.19. The molecular formula is C24H32O4. The molecule has 0 saturated carbocycles. The van der Waals surface area contributed by atoms with E-state index in [1.54, 1.807) is 0 Å². The molecule has 0 unspecified atom stereocenters. The molecule has 0 bridgehead atoms. The topological polar surface area (TPSA) is 55.8 Å². The van der Waals surface area contributed by atoms with E-state index in [-0.39, 0.29) is 5.97 Å². The predicted octanol–water partition coefficient (Wildman–Crippen LogP) is 5.73. The summed E-state index contributed by atoms with van der Waals surface area (Å²) in [4.78, 5) is 12.2. The number of benzene rings is 2. The van der Waals surface area contributed by atoms with Crippen LogP contribution < -0.4 is 4.74 Å². The Labute approximate surface area is 168 Å². The average molecular weight is 385 g/mol. The minimum Gasteiger partial charge on any atom is -0.454 e. The molecule has 28 heavy (non-hydrogen) atoms. The molecule has 0 aliphatic rings. The maximum Gasteiger partial charge on any atom is 0.308 e. The lowest BCUT2D eigenvalue weighted by atomic mass is 10.0. The van der Waals surface area contributed by atoms with Crippen molar-refractivity contribution in [3.63, 3.8) is 0 Å². The minimum atomic E-state index is -0.708. The van der Waals surface area contributed by atoms with Crippen LogP contribution in [0.1, 0.15) is 58.8 Å². The molecule has 2 aromatic rings. The van der Waals surface area contributed by atoms with Gasteiger partial charge in [0.05, 0.1) is 6.10 Å². The molecule has 0 saturated heterocycles. The zero-order chi connectivity index (χ0) is 20.2. The first-order valence-corrected chi connectivity index (χ1v) is 10.3. The van der Waals surface area contributed by atoms with E-state index in [4.69, 9.17) is 9.47 Å². The fourth-order valence-electron chi connectivity index (χ4n) is 2.97. The van der Waals surface area contributed by atoms with Crippen molar-refractivity contribution < 1.29 is 19.4 Å². The maximum atomic E-state index is 12.2. The first kappa shape index (κ1) is 22.0. The molecule has 2 aromatic carbocycles. The summed E-state index contributed by atoms with van der Waals surface area (Å²) in [6.45, 7) is 4.03. The molecule has 152 valence electrons. The van der Waals surface area contributed by atoms with Gasteiger partial charge in [-0.25, -0.2) is 0 Å². The van der Waals surface area contributed by atoms with Gasteiger partial charge in [-0.2, -0.15) is 0 Å². The standard InChI is InChI=1S/C24H32O4/c1-3-5-7-16-23(26)28-24(18-17-20(25)4-2)27-22-15-11-10-14-21(22)19-12-8-6-9-13-19/h6,8-15,20,24-25H,3-5,7,16-18H2,1-2H3/t20-,24-/m0/s1. The predicted molar refractivity (Wildman–Crippen MR) is 112 cm³/mol. The lowest BCUT2D eigenvalue weighted by molar-refractivity contribution is -0.165.